The minimum atomic E-state index is -0.706. The number of fused-ring (bicyclic) bond motifs is 6. The van der Waals surface area contributed by atoms with Crippen LogP contribution in [0.3, 0.4) is 0 Å². The van der Waals surface area contributed by atoms with Crippen molar-refractivity contribution < 1.29 is 28.7 Å². The van der Waals surface area contributed by atoms with Gasteiger partial charge in [-0.1, -0.05) is 60.7 Å². The number of hydrogen-bond acceptors (Lipinski definition) is 16. The molecule has 2 fully saturated rings. The molecule has 2 amide bonds. The Morgan fingerprint density at radius 3 is 1.30 bits per heavy atom. The van der Waals surface area contributed by atoms with Crippen LogP contribution in [0.25, 0.3) is 42.2 Å². The fourth-order valence-electron chi connectivity index (χ4n) is 7.42. The van der Waals surface area contributed by atoms with Crippen molar-refractivity contribution in [3.8, 4) is 24.3 Å². The highest BCUT2D eigenvalue weighted by Gasteiger charge is 2.37. The van der Waals surface area contributed by atoms with Gasteiger partial charge >= 0.3 is 12.2 Å². The lowest BCUT2D eigenvalue weighted by Crippen LogP contribution is -2.26. The van der Waals surface area contributed by atoms with Crippen molar-refractivity contribution in [1.82, 2.24) is 18.9 Å². The standard InChI is InChI=1S/C46H28N10O6S4/c1-3-53-41(57)39(65-43(53)27(19-47)20-48)51-35-17-33-37(63-35)29-15-32-30(16-31(29)55(33)45(59)61-23-25-11-7-5-8-12-25)38-34(56(32)46(60)62-24-26-13-9-6-10-14-26)18-36(64-38)52-40-42(58)54(4-2)44(66-40)28(21-49)22-50/h5-18H,3-4,23-24H2,1-2H3. The number of allylic oxidation sites excluding steroid dienone is 2. The predicted molar refractivity (Wildman–Crippen MR) is 253 cm³/mol. The molecular weight excluding hydrogens is 917 g/mol. The Hall–Kier alpha value is -7.98. The smallest absolute Gasteiger partial charge is 0.419 e. The summed E-state index contributed by atoms with van der Waals surface area (Å²) in [5.41, 5.74) is 2.80. The van der Waals surface area contributed by atoms with Crippen LogP contribution in [0.5, 0.6) is 0 Å². The molecule has 0 unspecified atom stereocenters. The van der Waals surface area contributed by atoms with Crippen LogP contribution in [0.4, 0.5) is 19.6 Å². The summed E-state index contributed by atoms with van der Waals surface area (Å²) in [4.78, 5) is 67.5. The van der Waals surface area contributed by atoms with Crippen molar-refractivity contribution in [3.63, 3.8) is 0 Å². The van der Waals surface area contributed by atoms with Gasteiger partial charge < -0.3 is 9.47 Å². The molecule has 0 atom stereocenters. The summed E-state index contributed by atoms with van der Waals surface area (Å²) in [5, 5.41) is 40.6. The van der Waals surface area contributed by atoms with Crippen molar-refractivity contribution >= 4 is 133 Å². The van der Waals surface area contributed by atoms with Crippen LogP contribution in [-0.2, 0) is 32.3 Å². The quantitative estimate of drug-likeness (QED) is 0.130. The van der Waals surface area contributed by atoms with Gasteiger partial charge in [0.05, 0.1) is 31.5 Å². The lowest BCUT2D eigenvalue weighted by molar-refractivity contribution is -0.121. The van der Waals surface area contributed by atoms with E-state index < -0.39 is 24.0 Å². The molecule has 9 rings (SSSR count). The number of thiophene rings is 2. The molecule has 6 heterocycles. The van der Waals surface area contributed by atoms with Crippen molar-refractivity contribution in [2.75, 3.05) is 13.1 Å². The van der Waals surface area contributed by atoms with E-state index in [-0.39, 0.29) is 57.6 Å². The number of hydrogen-bond donors (Lipinski definition) is 0. The number of benzene rings is 3. The minimum absolute atomic E-state index is 0.0363. The molecule has 0 aliphatic carbocycles. The van der Waals surface area contributed by atoms with E-state index in [1.807, 2.05) is 84.9 Å². The zero-order valence-corrected chi connectivity index (χ0v) is 37.7. The second kappa shape index (κ2) is 17.9. The largest absolute Gasteiger partial charge is 0.444 e. The first-order valence-corrected chi connectivity index (χ1v) is 23.1. The van der Waals surface area contributed by atoms with E-state index in [0.717, 1.165) is 34.7 Å². The molecule has 66 heavy (non-hydrogen) atoms. The zero-order chi connectivity index (χ0) is 46.2. The number of carbonyl (C=O) groups is 4. The average molecular weight is 945 g/mol. The molecule has 3 aromatic carbocycles. The molecule has 0 radical (unpaired) electrons. The van der Waals surface area contributed by atoms with Crippen LogP contribution >= 0.6 is 46.2 Å². The van der Waals surface area contributed by atoms with Gasteiger partial charge in [-0.3, -0.25) is 19.4 Å². The van der Waals surface area contributed by atoms with E-state index in [0.29, 0.717) is 52.2 Å². The maximum Gasteiger partial charge on any atom is 0.419 e. The number of thioether (sulfide) groups is 2. The van der Waals surface area contributed by atoms with E-state index in [2.05, 4.69) is 9.98 Å². The maximum absolute atomic E-state index is 14.3. The van der Waals surface area contributed by atoms with Crippen LogP contribution in [0.2, 0.25) is 0 Å². The number of nitrogens with zero attached hydrogens (tertiary/aromatic N) is 10. The molecule has 7 aromatic rings. The summed E-state index contributed by atoms with van der Waals surface area (Å²) in [7, 11) is 0. The van der Waals surface area contributed by atoms with E-state index in [4.69, 9.17) is 9.47 Å². The molecule has 16 nitrogen and oxygen atoms in total. The number of carbonyl (C=O) groups excluding carboxylic acids is 4. The van der Waals surface area contributed by atoms with Crippen molar-refractivity contribution in [2.24, 2.45) is 9.98 Å². The highest BCUT2D eigenvalue weighted by atomic mass is 32.2. The second-order valence-electron chi connectivity index (χ2n) is 14.2. The summed E-state index contributed by atoms with van der Waals surface area (Å²) in [6.45, 7) is 3.79. The van der Waals surface area contributed by atoms with E-state index in [1.165, 1.54) is 41.6 Å². The van der Waals surface area contributed by atoms with E-state index in [1.54, 1.807) is 38.1 Å². The molecular formula is C46H28N10O6S4. The third-order valence-corrected chi connectivity index (χ3v) is 14.7. The van der Waals surface area contributed by atoms with Crippen molar-refractivity contribution in [1.29, 1.82) is 21.0 Å². The average Bonchev–Trinajstić information content (AvgIpc) is 4.17. The number of nitriles is 4. The molecule has 2 aliphatic rings. The van der Waals surface area contributed by atoms with Gasteiger partial charge in [0.1, 0.15) is 57.6 Å². The van der Waals surface area contributed by atoms with Gasteiger partial charge in [-0.25, -0.2) is 28.7 Å². The molecule has 4 aromatic heterocycles. The number of amides is 2. The summed E-state index contributed by atoms with van der Waals surface area (Å²) in [5.74, 6) is -0.951. The van der Waals surface area contributed by atoms with Gasteiger partial charge in [-0.2, -0.15) is 21.0 Å². The van der Waals surface area contributed by atoms with Gasteiger partial charge in [0.25, 0.3) is 11.8 Å². The van der Waals surface area contributed by atoms with Crippen molar-refractivity contribution in [2.45, 2.75) is 27.1 Å². The Morgan fingerprint density at radius 1 is 0.576 bits per heavy atom. The lowest BCUT2D eigenvalue weighted by Gasteiger charge is -2.12. The van der Waals surface area contributed by atoms with Crippen LogP contribution in [0, 0.1) is 45.3 Å². The Morgan fingerprint density at radius 2 is 0.955 bits per heavy atom. The van der Waals surface area contributed by atoms with Gasteiger partial charge in [0, 0.05) is 23.9 Å². The van der Waals surface area contributed by atoms with Crippen LogP contribution in [0.15, 0.2) is 116 Å². The lowest BCUT2D eigenvalue weighted by atomic mass is 10.2. The monoisotopic (exact) mass is 944 g/mol. The molecule has 2 saturated heterocycles. The highest BCUT2D eigenvalue weighted by molar-refractivity contribution is 8.20. The fraction of sp³-hybridized carbons (Fsp3) is 0.130. The summed E-state index contributed by atoms with van der Waals surface area (Å²) < 4.78 is 15.8. The van der Waals surface area contributed by atoms with Crippen molar-refractivity contribution in [3.05, 3.63) is 117 Å². The highest BCUT2D eigenvalue weighted by Crippen LogP contribution is 2.47. The summed E-state index contributed by atoms with van der Waals surface area (Å²) in [6, 6.07) is 32.6. The Kier molecular flexibility index (Phi) is 11.7. The number of aromatic nitrogens is 2. The van der Waals surface area contributed by atoms with Gasteiger partial charge in [-0.05, 0) is 72.8 Å². The first-order valence-electron chi connectivity index (χ1n) is 19.8. The van der Waals surface area contributed by atoms with Crippen LogP contribution < -0.4 is 0 Å². The number of rotatable bonds is 8. The molecule has 0 spiro atoms. The predicted octanol–water partition coefficient (Wildman–Crippen LogP) is 10.2. The van der Waals surface area contributed by atoms with Gasteiger partial charge in [-0.15, -0.1) is 22.7 Å². The Labute approximate surface area is 390 Å². The molecule has 2 aliphatic heterocycles. The van der Waals surface area contributed by atoms with Crippen LogP contribution in [-0.4, -0.2) is 66.1 Å². The molecule has 322 valence electrons. The normalized spacial score (nSPS) is 15.0. The van der Waals surface area contributed by atoms with E-state index in [9.17, 15) is 40.2 Å². The molecule has 0 bridgehead atoms. The Bertz CT molecular complexity index is 3290. The number of ether oxygens (including phenoxy) is 2. The topological polar surface area (TPSA) is 223 Å². The third-order valence-electron chi connectivity index (χ3n) is 10.4. The summed E-state index contributed by atoms with van der Waals surface area (Å²) in [6.07, 6.45) is -1.41. The summed E-state index contributed by atoms with van der Waals surface area (Å²) >= 11 is 4.23. The van der Waals surface area contributed by atoms with Gasteiger partial charge in [0.2, 0.25) is 0 Å². The fourth-order valence-corrected chi connectivity index (χ4v) is 11.7. The minimum Gasteiger partial charge on any atom is -0.444 e. The first kappa shape index (κ1) is 43.3. The third kappa shape index (κ3) is 7.54. The first-order chi connectivity index (χ1) is 32.1. The Balaban J connectivity index is 1.23. The molecule has 0 N–H and O–H groups in total. The second-order valence-corrected chi connectivity index (χ2v) is 18.2. The number of aliphatic imine (C=N–C) groups is 2. The van der Waals surface area contributed by atoms with Crippen LogP contribution in [0.1, 0.15) is 25.0 Å². The van der Waals surface area contributed by atoms with Gasteiger partial charge in [0.15, 0.2) is 21.2 Å². The zero-order valence-electron chi connectivity index (χ0n) is 34.5. The SMILES string of the molecule is CCN1C(=O)C(=Nc2cc3c(s2)c2cc4c(cc2n3C(=O)OCc2ccccc2)c2sc(N=C3SC(=C(C#N)C#N)N(CC)C3=O)cc2n4C(=O)OCc2ccccc2)SC1=C(C#N)C#N. The molecule has 20 heteroatoms. The maximum atomic E-state index is 14.3. The molecule has 0 saturated carbocycles. The van der Waals surface area contributed by atoms with E-state index >= 15 is 0 Å².